The number of benzene rings is 6. The van der Waals surface area contributed by atoms with Crippen molar-refractivity contribution in [2.24, 2.45) is 0 Å². The lowest BCUT2D eigenvalue weighted by atomic mass is 9.97. The van der Waals surface area contributed by atoms with E-state index in [-0.39, 0.29) is 0 Å². The summed E-state index contributed by atoms with van der Waals surface area (Å²) in [6.45, 7) is 0. The fourth-order valence-electron chi connectivity index (χ4n) is 6.99. The molecule has 0 radical (unpaired) electrons. The van der Waals surface area contributed by atoms with Crippen LogP contribution in [0.25, 0.3) is 38.6 Å². The Bertz CT molecular complexity index is 1940. The second-order valence-corrected chi connectivity index (χ2v) is 11.7. The number of anilines is 3. The Morgan fingerprint density at radius 1 is 0.442 bits per heavy atom. The van der Waals surface area contributed by atoms with E-state index in [1.54, 1.807) is 0 Å². The first-order valence-corrected chi connectivity index (χ1v) is 15.5. The molecule has 0 spiro atoms. The standard InChI is InChI=1S/C41H34N2/c1-2-10-30(11-3-1)32-18-22-34(23-19-32)42(35-24-20-33(21-25-35)31-12-4-5-13-31)36-26-28-37(29-27-36)43-40-16-8-6-14-38(40)39-15-7-9-17-41(39)43/h1-3,6-11,14-29,31H,4-5,12-13H2. The Labute approximate surface area is 253 Å². The molecule has 0 saturated heterocycles. The minimum atomic E-state index is 0.707. The first kappa shape index (κ1) is 25.6. The fraction of sp³-hybridized carbons (Fsp3) is 0.122. The van der Waals surface area contributed by atoms with Crippen molar-refractivity contribution < 1.29 is 0 Å². The van der Waals surface area contributed by atoms with Crippen LogP contribution in [-0.2, 0) is 0 Å². The molecule has 1 aliphatic rings. The van der Waals surface area contributed by atoms with Crippen LogP contribution in [0.4, 0.5) is 17.1 Å². The van der Waals surface area contributed by atoms with Gasteiger partial charge in [0.25, 0.3) is 0 Å². The molecule has 1 heterocycles. The minimum absolute atomic E-state index is 0.707. The molecule has 0 atom stereocenters. The predicted octanol–water partition coefficient (Wildman–Crippen LogP) is 11.6. The van der Waals surface area contributed by atoms with Crippen molar-refractivity contribution in [1.82, 2.24) is 4.57 Å². The summed E-state index contributed by atoms with van der Waals surface area (Å²) in [5.41, 5.74) is 11.0. The van der Waals surface area contributed by atoms with Crippen molar-refractivity contribution in [2.45, 2.75) is 31.6 Å². The normalized spacial score (nSPS) is 13.6. The van der Waals surface area contributed by atoms with Crippen LogP contribution in [0.2, 0.25) is 0 Å². The molecule has 1 aromatic heterocycles. The number of nitrogens with zero attached hydrogens (tertiary/aromatic N) is 2. The number of fused-ring (bicyclic) bond motifs is 3. The third-order valence-corrected chi connectivity index (χ3v) is 9.16. The van der Waals surface area contributed by atoms with E-state index in [9.17, 15) is 0 Å². The summed E-state index contributed by atoms with van der Waals surface area (Å²) >= 11 is 0. The number of hydrogen-bond donors (Lipinski definition) is 0. The van der Waals surface area contributed by atoms with E-state index in [0.29, 0.717) is 5.92 Å². The first-order chi connectivity index (χ1) is 21.3. The zero-order valence-electron chi connectivity index (χ0n) is 24.2. The molecule has 0 N–H and O–H groups in total. The predicted molar refractivity (Wildman–Crippen MR) is 182 cm³/mol. The van der Waals surface area contributed by atoms with Crippen LogP contribution < -0.4 is 4.90 Å². The van der Waals surface area contributed by atoms with Gasteiger partial charge >= 0.3 is 0 Å². The molecule has 8 rings (SSSR count). The van der Waals surface area contributed by atoms with Gasteiger partial charge in [0.1, 0.15) is 0 Å². The van der Waals surface area contributed by atoms with Crippen molar-refractivity contribution in [3.8, 4) is 16.8 Å². The van der Waals surface area contributed by atoms with Crippen LogP contribution in [0.1, 0.15) is 37.2 Å². The SMILES string of the molecule is c1ccc(-c2ccc(N(c3ccc(C4CCCC4)cc3)c3ccc(-n4c5ccccc5c5ccccc54)cc3)cc2)cc1. The molecular formula is C41H34N2. The Morgan fingerprint density at radius 3 is 1.49 bits per heavy atom. The Morgan fingerprint density at radius 2 is 0.907 bits per heavy atom. The van der Waals surface area contributed by atoms with Crippen LogP contribution in [-0.4, -0.2) is 4.57 Å². The molecule has 1 aliphatic carbocycles. The molecular weight excluding hydrogens is 520 g/mol. The monoisotopic (exact) mass is 554 g/mol. The van der Waals surface area contributed by atoms with Gasteiger partial charge in [-0.25, -0.2) is 0 Å². The maximum atomic E-state index is 2.38. The van der Waals surface area contributed by atoms with E-state index in [0.717, 1.165) is 17.1 Å². The number of rotatable bonds is 6. The van der Waals surface area contributed by atoms with E-state index in [1.807, 2.05) is 0 Å². The highest BCUT2D eigenvalue weighted by atomic mass is 15.1. The fourth-order valence-corrected chi connectivity index (χ4v) is 6.99. The van der Waals surface area contributed by atoms with E-state index in [1.165, 1.54) is 69.9 Å². The topological polar surface area (TPSA) is 8.17 Å². The smallest absolute Gasteiger partial charge is 0.0541 e. The van der Waals surface area contributed by atoms with Gasteiger partial charge in [0.05, 0.1) is 11.0 Å². The van der Waals surface area contributed by atoms with Crippen LogP contribution >= 0.6 is 0 Å². The summed E-state index contributed by atoms with van der Waals surface area (Å²) in [5.74, 6) is 0.707. The third-order valence-electron chi connectivity index (χ3n) is 9.16. The summed E-state index contributed by atoms with van der Waals surface area (Å²) in [4.78, 5) is 2.38. The lowest BCUT2D eigenvalue weighted by molar-refractivity contribution is 0.723. The van der Waals surface area contributed by atoms with Crippen LogP contribution in [0.3, 0.4) is 0 Å². The second kappa shape index (κ2) is 11.0. The Kier molecular flexibility index (Phi) is 6.53. The Hall–Kier alpha value is -5.08. The van der Waals surface area contributed by atoms with Gasteiger partial charge in [0.2, 0.25) is 0 Å². The molecule has 1 fully saturated rings. The maximum absolute atomic E-state index is 2.38. The molecule has 1 saturated carbocycles. The van der Waals surface area contributed by atoms with E-state index in [2.05, 4.69) is 161 Å². The maximum Gasteiger partial charge on any atom is 0.0541 e. The molecule has 208 valence electrons. The van der Waals surface area contributed by atoms with Crippen LogP contribution in [0, 0.1) is 0 Å². The molecule has 0 amide bonds. The lowest BCUT2D eigenvalue weighted by Gasteiger charge is -2.26. The van der Waals surface area contributed by atoms with Crippen molar-refractivity contribution in [2.75, 3.05) is 4.90 Å². The number of para-hydroxylation sites is 2. The zero-order valence-corrected chi connectivity index (χ0v) is 24.2. The first-order valence-electron chi connectivity index (χ1n) is 15.5. The third kappa shape index (κ3) is 4.70. The highest BCUT2D eigenvalue weighted by Gasteiger charge is 2.19. The minimum Gasteiger partial charge on any atom is -0.311 e. The van der Waals surface area contributed by atoms with Gasteiger partial charge in [0.15, 0.2) is 0 Å². The van der Waals surface area contributed by atoms with E-state index < -0.39 is 0 Å². The van der Waals surface area contributed by atoms with E-state index >= 15 is 0 Å². The Balaban J connectivity index is 1.20. The van der Waals surface area contributed by atoms with Gasteiger partial charge in [-0.15, -0.1) is 0 Å². The van der Waals surface area contributed by atoms with Gasteiger partial charge < -0.3 is 9.47 Å². The summed E-state index contributed by atoms with van der Waals surface area (Å²) < 4.78 is 2.38. The summed E-state index contributed by atoms with van der Waals surface area (Å²) in [7, 11) is 0. The van der Waals surface area contributed by atoms with Gasteiger partial charge in [0, 0.05) is 33.5 Å². The molecule has 6 aromatic carbocycles. The van der Waals surface area contributed by atoms with Gasteiger partial charge in [-0.3, -0.25) is 0 Å². The van der Waals surface area contributed by atoms with Crippen molar-refractivity contribution in [1.29, 1.82) is 0 Å². The zero-order chi connectivity index (χ0) is 28.6. The highest BCUT2D eigenvalue weighted by molar-refractivity contribution is 6.09. The van der Waals surface area contributed by atoms with Gasteiger partial charge in [-0.1, -0.05) is 104 Å². The largest absolute Gasteiger partial charge is 0.311 e. The van der Waals surface area contributed by atoms with Crippen LogP contribution in [0.5, 0.6) is 0 Å². The average molecular weight is 555 g/mol. The van der Waals surface area contributed by atoms with E-state index in [4.69, 9.17) is 0 Å². The summed E-state index contributed by atoms with van der Waals surface area (Å²) in [6.07, 6.45) is 5.33. The lowest BCUT2D eigenvalue weighted by Crippen LogP contribution is -2.10. The van der Waals surface area contributed by atoms with Crippen molar-refractivity contribution in [3.05, 3.63) is 157 Å². The highest BCUT2D eigenvalue weighted by Crippen LogP contribution is 2.40. The molecule has 2 nitrogen and oxygen atoms in total. The van der Waals surface area contributed by atoms with Gasteiger partial charge in [-0.05, 0) is 96.1 Å². The molecule has 0 aliphatic heterocycles. The molecule has 0 unspecified atom stereocenters. The van der Waals surface area contributed by atoms with Gasteiger partial charge in [-0.2, -0.15) is 0 Å². The van der Waals surface area contributed by atoms with Crippen molar-refractivity contribution >= 4 is 38.9 Å². The van der Waals surface area contributed by atoms with Crippen LogP contribution in [0.15, 0.2) is 152 Å². The number of hydrogen-bond acceptors (Lipinski definition) is 1. The summed E-state index contributed by atoms with van der Waals surface area (Å²) in [5, 5.41) is 2.56. The quantitative estimate of drug-likeness (QED) is 0.198. The van der Waals surface area contributed by atoms with Crippen molar-refractivity contribution in [3.63, 3.8) is 0 Å². The summed E-state index contributed by atoms with van der Waals surface area (Å²) in [6, 6.07) is 55.3. The number of aromatic nitrogens is 1. The molecule has 2 heteroatoms. The molecule has 43 heavy (non-hydrogen) atoms. The molecule has 0 bridgehead atoms. The molecule has 7 aromatic rings. The second-order valence-electron chi connectivity index (χ2n) is 11.7. The average Bonchev–Trinajstić information content (AvgIpc) is 3.74.